The standard InChI is InChI=1S/C28H26Cl2IN3O4/c1-16(21-11-9-19(30)14-23(21)32)34-26(17-5-7-18(29)8-6-17)28(38)33(13-3-2-4-25(35)36)24-12-10-20(31)15-22(24)27(34)37/h5-12,14-16,26H,2-4,13,32H2,1H3,(H,35,36)/t16-,26+/m1/s1. The number of nitrogen functional groups attached to an aromatic ring is 1. The molecule has 0 saturated carbocycles. The van der Waals surface area contributed by atoms with Gasteiger partial charge in [0.1, 0.15) is 6.04 Å². The van der Waals surface area contributed by atoms with Crippen LogP contribution in [0.2, 0.25) is 10.0 Å². The van der Waals surface area contributed by atoms with Crippen LogP contribution in [0.3, 0.4) is 0 Å². The van der Waals surface area contributed by atoms with Crippen LogP contribution in [0.5, 0.6) is 0 Å². The molecular weight excluding hydrogens is 640 g/mol. The van der Waals surface area contributed by atoms with Crippen LogP contribution >= 0.6 is 45.8 Å². The van der Waals surface area contributed by atoms with E-state index in [9.17, 15) is 14.4 Å². The normalized spacial score (nSPS) is 16.3. The second-order valence-corrected chi connectivity index (χ2v) is 11.2. The number of amides is 2. The molecule has 3 aromatic carbocycles. The molecule has 0 fully saturated rings. The van der Waals surface area contributed by atoms with E-state index in [-0.39, 0.29) is 24.8 Å². The third-order valence-corrected chi connectivity index (χ3v) is 7.77. The molecular formula is C28H26Cl2IN3O4. The van der Waals surface area contributed by atoms with Crippen molar-refractivity contribution in [3.8, 4) is 0 Å². The minimum Gasteiger partial charge on any atom is -0.481 e. The first-order chi connectivity index (χ1) is 18.1. The zero-order valence-corrected chi connectivity index (χ0v) is 24.2. The van der Waals surface area contributed by atoms with E-state index in [4.69, 9.17) is 34.0 Å². The Morgan fingerprint density at radius 2 is 1.71 bits per heavy atom. The van der Waals surface area contributed by atoms with Gasteiger partial charge in [-0.1, -0.05) is 41.4 Å². The van der Waals surface area contributed by atoms with Crippen LogP contribution in [0.25, 0.3) is 0 Å². The first-order valence-electron chi connectivity index (χ1n) is 12.0. The van der Waals surface area contributed by atoms with Gasteiger partial charge in [-0.15, -0.1) is 0 Å². The molecule has 7 nitrogen and oxygen atoms in total. The summed E-state index contributed by atoms with van der Waals surface area (Å²) >= 11 is 14.4. The van der Waals surface area contributed by atoms with E-state index in [1.165, 1.54) is 0 Å². The molecule has 4 rings (SSSR count). The highest BCUT2D eigenvalue weighted by Gasteiger charge is 2.43. The number of hydrogen-bond acceptors (Lipinski definition) is 4. The van der Waals surface area contributed by atoms with Crippen LogP contribution in [0.4, 0.5) is 11.4 Å². The number of carbonyl (C=O) groups excluding carboxylic acids is 2. The average Bonchev–Trinajstić information content (AvgIpc) is 2.95. The second-order valence-electron chi connectivity index (χ2n) is 9.12. The monoisotopic (exact) mass is 665 g/mol. The lowest BCUT2D eigenvalue weighted by molar-refractivity contribution is -0.137. The van der Waals surface area contributed by atoms with Crippen molar-refractivity contribution in [1.29, 1.82) is 0 Å². The van der Waals surface area contributed by atoms with Gasteiger partial charge in [-0.3, -0.25) is 14.4 Å². The number of carboxylic acids is 1. The Labute approximate surface area is 244 Å². The van der Waals surface area contributed by atoms with E-state index in [1.54, 1.807) is 64.4 Å². The molecule has 0 spiro atoms. The molecule has 198 valence electrons. The maximum Gasteiger partial charge on any atom is 0.303 e. The maximum absolute atomic E-state index is 14.4. The van der Waals surface area contributed by atoms with Crippen LogP contribution in [0.1, 0.15) is 59.8 Å². The number of halogens is 3. The highest BCUT2D eigenvalue weighted by atomic mass is 127. The number of benzene rings is 3. The van der Waals surface area contributed by atoms with E-state index in [0.717, 1.165) is 3.57 Å². The van der Waals surface area contributed by atoms with Gasteiger partial charge in [0, 0.05) is 32.3 Å². The summed E-state index contributed by atoms with van der Waals surface area (Å²) in [5.74, 6) is -1.51. The fourth-order valence-electron chi connectivity index (χ4n) is 4.76. The predicted molar refractivity (Wildman–Crippen MR) is 158 cm³/mol. The minimum atomic E-state index is -0.977. The number of fused-ring (bicyclic) bond motifs is 1. The number of nitrogens with zero attached hydrogens (tertiary/aromatic N) is 2. The van der Waals surface area contributed by atoms with Crippen molar-refractivity contribution in [2.24, 2.45) is 0 Å². The zero-order valence-electron chi connectivity index (χ0n) is 20.5. The summed E-state index contributed by atoms with van der Waals surface area (Å²) in [6.45, 7) is 2.10. The lowest BCUT2D eigenvalue weighted by Crippen LogP contribution is -2.44. The summed E-state index contributed by atoms with van der Waals surface area (Å²) in [5, 5.41) is 10.0. The van der Waals surface area contributed by atoms with E-state index >= 15 is 0 Å². The van der Waals surface area contributed by atoms with Gasteiger partial charge in [0.05, 0.1) is 17.3 Å². The van der Waals surface area contributed by atoms with Crippen molar-refractivity contribution < 1.29 is 19.5 Å². The van der Waals surface area contributed by atoms with Gasteiger partial charge < -0.3 is 20.6 Å². The van der Waals surface area contributed by atoms with Gasteiger partial charge in [-0.25, -0.2) is 0 Å². The first-order valence-corrected chi connectivity index (χ1v) is 13.9. The van der Waals surface area contributed by atoms with Crippen LogP contribution < -0.4 is 10.6 Å². The molecule has 2 atom stereocenters. The Bertz CT molecular complexity index is 1380. The number of rotatable bonds is 8. The second kappa shape index (κ2) is 11.9. The molecule has 1 aliphatic rings. The summed E-state index contributed by atoms with van der Waals surface area (Å²) in [6.07, 6.45) is 0.866. The van der Waals surface area contributed by atoms with Crippen molar-refractivity contribution in [1.82, 2.24) is 4.90 Å². The van der Waals surface area contributed by atoms with Crippen molar-refractivity contribution >= 4 is 75.0 Å². The van der Waals surface area contributed by atoms with Gasteiger partial charge >= 0.3 is 5.97 Å². The molecule has 0 radical (unpaired) electrons. The Morgan fingerprint density at radius 3 is 2.37 bits per heavy atom. The molecule has 0 unspecified atom stereocenters. The molecule has 3 N–H and O–H groups in total. The molecule has 0 saturated heterocycles. The lowest BCUT2D eigenvalue weighted by atomic mass is 9.97. The Morgan fingerprint density at radius 1 is 1.03 bits per heavy atom. The predicted octanol–water partition coefficient (Wildman–Crippen LogP) is 6.73. The third kappa shape index (κ3) is 5.92. The van der Waals surface area contributed by atoms with Crippen LogP contribution in [-0.4, -0.2) is 34.3 Å². The quantitative estimate of drug-likeness (QED) is 0.158. The van der Waals surface area contributed by atoms with Crippen molar-refractivity contribution in [2.45, 2.75) is 38.3 Å². The fraction of sp³-hybridized carbons (Fsp3) is 0.250. The molecule has 1 heterocycles. The van der Waals surface area contributed by atoms with Gasteiger partial charge in [0.15, 0.2) is 0 Å². The molecule has 3 aromatic rings. The highest BCUT2D eigenvalue weighted by molar-refractivity contribution is 14.1. The van der Waals surface area contributed by atoms with Crippen molar-refractivity contribution in [3.05, 3.63) is 91.0 Å². The number of carbonyl (C=O) groups is 3. The average molecular weight is 666 g/mol. The van der Waals surface area contributed by atoms with E-state index in [2.05, 4.69) is 22.6 Å². The minimum absolute atomic E-state index is 0.000121. The van der Waals surface area contributed by atoms with Crippen LogP contribution in [0.15, 0.2) is 60.7 Å². The fourth-order valence-corrected chi connectivity index (χ4v) is 5.55. The number of nitrogens with two attached hydrogens (primary N) is 1. The Balaban J connectivity index is 1.88. The smallest absolute Gasteiger partial charge is 0.303 e. The summed E-state index contributed by atoms with van der Waals surface area (Å²) < 4.78 is 0.844. The molecule has 2 amide bonds. The topological polar surface area (TPSA) is 104 Å². The molecule has 0 aromatic heterocycles. The van der Waals surface area contributed by atoms with E-state index in [0.29, 0.717) is 51.0 Å². The molecule has 1 aliphatic heterocycles. The van der Waals surface area contributed by atoms with Crippen LogP contribution in [0, 0.1) is 3.57 Å². The Kier molecular flexibility index (Phi) is 8.85. The van der Waals surface area contributed by atoms with Crippen LogP contribution in [-0.2, 0) is 9.59 Å². The van der Waals surface area contributed by atoms with Gasteiger partial charge in [-0.05, 0) is 95.9 Å². The number of unbranched alkanes of at least 4 members (excludes halogenated alkanes) is 1. The summed E-state index contributed by atoms with van der Waals surface area (Å²) in [4.78, 5) is 42.9. The van der Waals surface area contributed by atoms with E-state index in [1.807, 2.05) is 13.0 Å². The lowest BCUT2D eigenvalue weighted by Gasteiger charge is -2.36. The summed E-state index contributed by atoms with van der Waals surface area (Å²) in [5.41, 5.74) is 8.88. The van der Waals surface area contributed by atoms with Gasteiger partial charge in [0.2, 0.25) is 0 Å². The maximum atomic E-state index is 14.4. The summed E-state index contributed by atoms with van der Waals surface area (Å²) in [6, 6.07) is 15.8. The highest BCUT2D eigenvalue weighted by Crippen LogP contribution is 2.41. The molecule has 38 heavy (non-hydrogen) atoms. The number of hydrogen-bond donors (Lipinski definition) is 2. The molecule has 0 bridgehead atoms. The van der Waals surface area contributed by atoms with E-state index < -0.39 is 18.1 Å². The molecule has 0 aliphatic carbocycles. The van der Waals surface area contributed by atoms with Crippen molar-refractivity contribution in [3.63, 3.8) is 0 Å². The SMILES string of the molecule is C[C@H](c1ccc(Cl)cc1N)N1C(=O)c2cc(I)ccc2N(CCCCC(=O)O)C(=O)[C@@H]1c1ccc(Cl)cc1. The number of carboxylic acid groups (broad SMARTS) is 1. The summed E-state index contributed by atoms with van der Waals surface area (Å²) in [7, 11) is 0. The number of aliphatic carboxylic acids is 1. The van der Waals surface area contributed by atoms with Gasteiger partial charge in [0.25, 0.3) is 11.8 Å². The van der Waals surface area contributed by atoms with Gasteiger partial charge in [-0.2, -0.15) is 0 Å². The molecule has 10 heteroatoms. The first kappa shape index (κ1) is 28.2. The largest absolute Gasteiger partial charge is 0.481 e. The Hall–Kier alpha value is -2.82. The van der Waals surface area contributed by atoms with Crippen molar-refractivity contribution in [2.75, 3.05) is 17.2 Å². The third-order valence-electron chi connectivity index (χ3n) is 6.62. The zero-order chi connectivity index (χ0) is 27.6. The number of anilines is 2.